The molecule has 0 saturated heterocycles. The summed E-state index contributed by atoms with van der Waals surface area (Å²) < 4.78 is 7.06. The van der Waals surface area contributed by atoms with Crippen molar-refractivity contribution in [1.29, 1.82) is 0 Å². The number of benzene rings is 2. The maximum atomic E-state index is 12.7. The number of nitrogens with one attached hydrogen (secondary N) is 1. The summed E-state index contributed by atoms with van der Waals surface area (Å²) in [6.45, 7) is 1.78. The fraction of sp³-hybridized carbons (Fsp3) is 0.0909. The van der Waals surface area contributed by atoms with Gasteiger partial charge in [0, 0.05) is 23.0 Å². The van der Waals surface area contributed by atoms with Crippen molar-refractivity contribution in [2.45, 2.75) is 13.5 Å². The third-order valence-electron chi connectivity index (χ3n) is 4.39. The summed E-state index contributed by atoms with van der Waals surface area (Å²) in [5.41, 5.74) is 2.38. The molecular weight excluding hydrogens is 368 g/mol. The van der Waals surface area contributed by atoms with Gasteiger partial charge in [-0.3, -0.25) is 9.59 Å². The Morgan fingerprint density at radius 3 is 2.66 bits per heavy atom. The Morgan fingerprint density at radius 1 is 1.03 bits per heavy atom. The van der Waals surface area contributed by atoms with Gasteiger partial charge in [-0.15, -0.1) is 0 Å². The summed E-state index contributed by atoms with van der Waals surface area (Å²) in [6, 6.07) is 19.8. The summed E-state index contributed by atoms with van der Waals surface area (Å²) in [6.07, 6.45) is 1.78. The Kier molecular flexibility index (Phi) is 5.03. The maximum Gasteiger partial charge on any atom is 0.272 e. The number of hydrogen-bond donors (Lipinski definition) is 1. The van der Waals surface area contributed by atoms with Crippen molar-refractivity contribution < 1.29 is 14.1 Å². The Morgan fingerprint density at radius 2 is 1.86 bits per heavy atom. The molecule has 1 N–H and O–H groups in total. The third kappa shape index (κ3) is 4.14. The highest BCUT2D eigenvalue weighted by Gasteiger charge is 2.15. The molecule has 2 aromatic heterocycles. The van der Waals surface area contributed by atoms with Gasteiger partial charge in [0.15, 0.2) is 11.6 Å². The summed E-state index contributed by atoms with van der Waals surface area (Å²) in [5, 5.41) is 6.83. The number of ketones is 1. The molecule has 2 aromatic carbocycles. The number of carbonyl (C=O) groups excluding carboxylic acids is 2. The first-order valence-electron chi connectivity index (χ1n) is 9.05. The lowest BCUT2D eigenvalue weighted by atomic mass is 10.1. The van der Waals surface area contributed by atoms with Crippen LogP contribution in [0.3, 0.4) is 0 Å². The average molecular weight is 386 g/mol. The van der Waals surface area contributed by atoms with E-state index < -0.39 is 0 Å². The fourth-order valence-corrected chi connectivity index (χ4v) is 2.94. The SMILES string of the molecule is CC(=O)c1cccc(NC(=O)c2cccn2Cc2noc(-c3ccccc3)n2)c1. The zero-order chi connectivity index (χ0) is 20.2. The van der Waals surface area contributed by atoms with Gasteiger partial charge in [-0.1, -0.05) is 35.5 Å². The minimum atomic E-state index is -0.289. The lowest BCUT2D eigenvalue weighted by Gasteiger charge is -2.09. The minimum Gasteiger partial charge on any atom is -0.336 e. The number of amides is 1. The Balaban J connectivity index is 1.50. The second-order valence-corrected chi connectivity index (χ2v) is 6.49. The predicted octanol–water partition coefficient (Wildman–Crippen LogP) is 4.04. The number of anilines is 1. The fourth-order valence-electron chi connectivity index (χ4n) is 2.94. The first kappa shape index (κ1) is 18.4. The van der Waals surface area contributed by atoms with Crippen LogP contribution in [0.25, 0.3) is 11.5 Å². The van der Waals surface area contributed by atoms with E-state index in [-0.39, 0.29) is 11.7 Å². The van der Waals surface area contributed by atoms with Crippen molar-refractivity contribution in [2.24, 2.45) is 0 Å². The van der Waals surface area contributed by atoms with Gasteiger partial charge >= 0.3 is 0 Å². The van der Waals surface area contributed by atoms with Crippen LogP contribution in [-0.4, -0.2) is 26.4 Å². The van der Waals surface area contributed by atoms with Gasteiger partial charge in [-0.25, -0.2) is 0 Å². The van der Waals surface area contributed by atoms with Crippen molar-refractivity contribution in [1.82, 2.24) is 14.7 Å². The van der Waals surface area contributed by atoms with Gasteiger partial charge in [0.05, 0.1) is 6.54 Å². The smallest absolute Gasteiger partial charge is 0.272 e. The average Bonchev–Trinajstić information content (AvgIpc) is 3.39. The van der Waals surface area contributed by atoms with Crippen LogP contribution in [0, 0.1) is 0 Å². The van der Waals surface area contributed by atoms with E-state index in [2.05, 4.69) is 15.5 Å². The maximum absolute atomic E-state index is 12.7. The summed E-state index contributed by atoms with van der Waals surface area (Å²) in [7, 11) is 0. The van der Waals surface area contributed by atoms with Crippen molar-refractivity contribution in [3.05, 3.63) is 90.0 Å². The molecule has 0 atom stereocenters. The van der Waals surface area contributed by atoms with E-state index in [0.717, 1.165) is 5.56 Å². The van der Waals surface area contributed by atoms with Crippen molar-refractivity contribution in [3.8, 4) is 11.5 Å². The second-order valence-electron chi connectivity index (χ2n) is 6.49. The molecule has 0 aliphatic rings. The quantitative estimate of drug-likeness (QED) is 0.505. The topological polar surface area (TPSA) is 90.0 Å². The first-order chi connectivity index (χ1) is 14.1. The lowest BCUT2D eigenvalue weighted by Crippen LogP contribution is -2.17. The van der Waals surface area contributed by atoms with Crippen LogP contribution in [0.1, 0.15) is 33.6 Å². The molecule has 0 bridgehead atoms. The van der Waals surface area contributed by atoms with Crippen molar-refractivity contribution >= 4 is 17.4 Å². The number of rotatable bonds is 6. The highest BCUT2D eigenvalue weighted by atomic mass is 16.5. The van der Waals surface area contributed by atoms with Crippen LogP contribution in [0.4, 0.5) is 5.69 Å². The number of nitrogens with zero attached hydrogens (tertiary/aromatic N) is 3. The molecule has 29 heavy (non-hydrogen) atoms. The first-order valence-corrected chi connectivity index (χ1v) is 9.05. The van der Waals surface area contributed by atoms with E-state index in [4.69, 9.17) is 4.52 Å². The summed E-state index contributed by atoms with van der Waals surface area (Å²) in [5.74, 6) is 0.547. The molecule has 4 rings (SSSR count). The van der Waals surface area contributed by atoms with Crippen molar-refractivity contribution in [2.75, 3.05) is 5.32 Å². The molecule has 1 amide bonds. The lowest BCUT2D eigenvalue weighted by molar-refractivity contribution is 0.100. The second kappa shape index (κ2) is 7.93. The van der Waals surface area contributed by atoms with Gasteiger partial charge in [-0.2, -0.15) is 4.98 Å². The molecule has 0 aliphatic carbocycles. The van der Waals surface area contributed by atoms with Crippen LogP contribution in [0.2, 0.25) is 0 Å². The summed E-state index contributed by atoms with van der Waals surface area (Å²) >= 11 is 0. The molecule has 0 saturated carbocycles. The minimum absolute atomic E-state index is 0.0594. The van der Waals surface area contributed by atoms with Crippen LogP contribution >= 0.6 is 0 Å². The van der Waals surface area contributed by atoms with Gasteiger partial charge in [0.2, 0.25) is 0 Å². The molecule has 0 radical (unpaired) electrons. The molecule has 144 valence electrons. The van der Waals surface area contributed by atoms with Crippen LogP contribution in [0.15, 0.2) is 77.4 Å². The van der Waals surface area contributed by atoms with E-state index >= 15 is 0 Å². The summed E-state index contributed by atoms with van der Waals surface area (Å²) in [4.78, 5) is 28.7. The monoisotopic (exact) mass is 386 g/mol. The van der Waals surface area contributed by atoms with E-state index in [0.29, 0.717) is 35.2 Å². The molecule has 7 heteroatoms. The molecular formula is C22H18N4O3. The molecule has 0 unspecified atom stereocenters. The molecule has 4 aromatic rings. The standard InChI is InChI=1S/C22H18N4O3/c1-15(27)17-9-5-10-18(13-17)23-21(28)19-11-6-12-26(19)14-20-24-22(29-25-20)16-7-3-2-4-8-16/h2-13H,14H2,1H3,(H,23,28). The zero-order valence-corrected chi connectivity index (χ0v) is 15.7. The molecule has 0 fully saturated rings. The van der Waals surface area contributed by atoms with E-state index in [1.165, 1.54) is 6.92 Å². The van der Waals surface area contributed by atoms with Gasteiger partial charge < -0.3 is 14.4 Å². The molecule has 7 nitrogen and oxygen atoms in total. The highest BCUT2D eigenvalue weighted by Crippen LogP contribution is 2.17. The zero-order valence-electron chi connectivity index (χ0n) is 15.7. The van der Waals surface area contributed by atoms with Crippen LogP contribution < -0.4 is 5.32 Å². The molecule has 0 spiro atoms. The van der Waals surface area contributed by atoms with Crippen molar-refractivity contribution in [3.63, 3.8) is 0 Å². The van der Waals surface area contributed by atoms with Gasteiger partial charge in [-0.05, 0) is 43.3 Å². The molecule has 0 aliphatic heterocycles. The largest absolute Gasteiger partial charge is 0.336 e. The van der Waals surface area contributed by atoms with E-state index in [1.54, 1.807) is 47.2 Å². The molecule has 2 heterocycles. The van der Waals surface area contributed by atoms with Crippen LogP contribution in [-0.2, 0) is 6.54 Å². The number of aromatic nitrogens is 3. The Labute approximate surface area is 167 Å². The van der Waals surface area contributed by atoms with E-state index in [1.807, 2.05) is 30.3 Å². The number of hydrogen-bond acceptors (Lipinski definition) is 5. The third-order valence-corrected chi connectivity index (χ3v) is 4.39. The van der Waals surface area contributed by atoms with Gasteiger partial charge in [0.1, 0.15) is 5.69 Å². The highest BCUT2D eigenvalue weighted by molar-refractivity contribution is 6.04. The Hall–Kier alpha value is -4.00. The van der Waals surface area contributed by atoms with Gasteiger partial charge in [0.25, 0.3) is 11.8 Å². The Bertz CT molecular complexity index is 1160. The predicted molar refractivity (Wildman–Crippen MR) is 108 cm³/mol. The van der Waals surface area contributed by atoms with Crippen LogP contribution in [0.5, 0.6) is 0 Å². The number of carbonyl (C=O) groups is 2. The van der Waals surface area contributed by atoms with E-state index in [9.17, 15) is 9.59 Å². The normalized spacial score (nSPS) is 10.7. The number of Topliss-reactive ketones (excluding diaryl/α,β-unsaturated/α-hetero) is 1.